The maximum atomic E-state index is 11.9. The van der Waals surface area contributed by atoms with Crippen LogP contribution < -0.4 is 11.1 Å². The molecule has 1 amide bonds. The molecule has 5 nitrogen and oxygen atoms in total. The molecule has 1 rings (SSSR count). The Morgan fingerprint density at radius 1 is 1.35 bits per heavy atom. The van der Waals surface area contributed by atoms with Crippen LogP contribution in [0, 0.1) is 5.41 Å². The summed E-state index contributed by atoms with van der Waals surface area (Å²) >= 11 is 0. The van der Waals surface area contributed by atoms with Crippen molar-refractivity contribution in [2.75, 3.05) is 6.54 Å². The number of carboxylic acids is 1. The summed E-state index contributed by atoms with van der Waals surface area (Å²) in [5.41, 5.74) is 5.86. The molecule has 0 bridgehead atoms. The fraction of sp³-hybridized carbons (Fsp3) is 0.467. The topological polar surface area (TPSA) is 92.4 Å². The number of hydrogen-bond acceptors (Lipinski definition) is 3. The zero-order valence-corrected chi connectivity index (χ0v) is 11.9. The van der Waals surface area contributed by atoms with Crippen molar-refractivity contribution < 1.29 is 14.7 Å². The minimum absolute atomic E-state index is 0.0835. The molecule has 0 fully saturated rings. The number of rotatable bonds is 7. The van der Waals surface area contributed by atoms with Gasteiger partial charge < -0.3 is 16.2 Å². The van der Waals surface area contributed by atoms with E-state index in [1.54, 1.807) is 13.8 Å². The van der Waals surface area contributed by atoms with Crippen molar-refractivity contribution in [3.8, 4) is 0 Å². The molecule has 1 aromatic carbocycles. The number of benzene rings is 1. The smallest absolute Gasteiger partial charge is 0.311 e. The highest BCUT2D eigenvalue weighted by atomic mass is 16.4. The lowest BCUT2D eigenvalue weighted by molar-refractivity contribution is -0.148. The molecule has 1 aromatic rings. The van der Waals surface area contributed by atoms with E-state index in [-0.39, 0.29) is 12.5 Å². The summed E-state index contributed by atoms with van der Waals surface area (Å²) in [5, 5.41) is 11.8. The Labute approximate surface area is 119 Å². The summed E-state index contributed by atoms with van der Waals surface area (Å²) in [6.45, 7) is 3.47. The maximum Gasteiger partial charge on any atom is 0.311 e. The molecule has 110 valence electrons. The van der Waals surface area contributed by atoms with E-state index in [4.69, 9.17) is 10.8 Å². The van der Waals surface area contributed by atoms with Crippen LogP contribution in [0.4, 0.5) is 0 Å². The van der Waals surface area contributed by atoms with E-state index < -0.39 is 17.4 Å². The van der Waals surface area contributed by atoms with Gasteiger partial charge in [-0.05, 0) is 25.3 Å². The molecule has 4 N–H and O–H groups in total. The van der Waals surface area contributed by atoms with E-state index in [2.05, 4.69) is 5.32 Å². The lowest BCUT2D eigenvalue weighted by Crippen LogP contribution is -2.47. The van der Waals surface area contributed by atoms with Gasteiger partial charge in [-0.1, -0.05) is 37.3 Å². The van der Waals surface area contributed by atoms with Crippen LogP contribution in [0.25, 0.3) is 0 Å². The minimum Gasteiger partial charge on any atom is -0.481 e. The highest BCUT2D eigenvalue weighted by molar-refractivity contribution is 5.83. The van der Waals surface area contributed by atoms with Gasteiger partial charge in [0.25, 0.3) is 0 Å². The van der Waals surface area contributed by atoms with Crippen molar-refractivity contribution in [2.24, 2.45) is 11.1 Å². The predicted octanol–water partition coefficient (Wildman–Crippen LogP) is 1.17. The third-order valence-corrected chi connectivity index (χ3v) is 3.58. The van der Waals surface area contributed by atoms with Gasteiger partial charge in [-0.3, -0.25) is 9.59 Å². The first kappa shape index (κ1) is 16.2. The lowest BCUT2D eigenvalue weighted by Gasteiger charge is -2.24. The van der Waals surface area contributed by atoms with Crippen molar-refractivity contribution in [3.63, 3.8) is 0 Å². The second-order valence-electron chi connectivity index (χ2n) is 5.23. The Balaban J connectivity index is 2.52. The minimum atomic E-state index is -0.956. The first-order valence-electron chi connectivity index (χ1n) is 6.69. The number of carbonyl (C=O) groups is 2. The van der Waals surface area contributed by atoms with Gasteiger partial charge in [0.1, 0.15) is 0 Å². The third-order valence-electron chi connectivity index (χ3n) is 3.58. The normalized spacial score (nSPS) is 15.2. The Kier molecular flexibility index (Phi) is 5.70. The first-order valence-corrected chi connectivity index (χ1v) is 6.69. The molecule has 5 heteroatoms. The summed E-state index contributed by atoms with van der Waals surface area (Å²) in [5.74, 6) is -1.24. The summed E-state index contributed by atoms with van der Waals surface area (Å²) in [6.07, 6.45) is 0.874. The average molecular weight is 278 g/mol. The van der Waals surface area contributed by atoms with Gasteiger partial charge in [-0.25, -0.2) is 0 Å². The molecular formula is C15H22N2O3. The molecular weight excluding hydrogens is 256 g/mol. The van der Waals surface area contributed by atoms with E-state index in [1.807, 2.05) is 30.3 Å². The van der Waals surface area contributed by atoms with Crippen molar-refractivity contribution in [2.45, 2.75) is 32.7 Å². The number of carbonyl (C=O) groups excluding carboxylic acids is 1. The highest BCUT2D eigenvalue weighted by Crippen LogP contribution is 2.19. The molecule has 0 radical (unpaired) electrons. The third kappa shape index (κ3) is 4.35. The number of hydrogen-bond donors (Lipinski definition) is 3. The van der Waals surface area contributed by atoms with Crippen molar-refractivity contribution in [3.05, 3.63) is 35.9 Å². The molecule has 20 heavy (non-hydrogen) atoms. The number of nitrogens with one attached hydrogen (secondary N) is 1. The molecule has 0 heterocycles. The summed E-state index contributed by atoms with van der Waals surface area (Å²) in [4.78, 5) is 23.0. The van der Waals surface area contributed by atoms with E-state index in [0.29, 0.717) is 12.8 Å². The van der Waals surface area contributed by atoms with E-state index in [1.165, 1.54) is 0 Å². The standard InChI is InChI=1S/C15H22N2O3/c1-3-15(2,14(19)20)10-17-13(18)12(16)9-11-7-5-4-6-8-11/h4-8,12H,3,9-10,16H2,1-2H3,(H,17,18)(H,19,20)/t12-,15?/m1/s1. The van der Waals surface area contributed by atoms with Crippen molar-refractivity contribution in [1.29, 1.82) is 0 Å². The van der Waals surface area contributed by atoms with Gasteiger partial charge in [-0.2, -0.15) is 0 Å². The zero-order valence-electron chi connectivity index (χ0n) is 11.9. The fourth-order valence-corrected chi connectivity index (χ4v) is 1.73. The molecule has 1 unspecified atom stereocenters. The van der Waals surface area contributed by atoms with E-state index in [0.717, 1.165) is 5.56 Å². The Morgan fingerprint density at radius 2 is 1.95 bits per heavy atom. The van der Waals surface area contributed by atoms with Crippen LogP contribution in [0.3, 0.4) is 0 Å². The Morgan fingerprint density at radius 3 is 2.45 bits per heavy atom. The van der Waals surface area contributed by atoms with Crippen molar-refractivity contribution >= 4 is 11.9 Å². The molecule has 2 atom stereocenters. The highest BCUT2D eigenvalue weighted by Gasteiger charge is 2.31. The van der Waals surface area contributed by atoms with Crippen LogP contribution in [-0.2, 0) is 16.0 Å². The van der Waals surface area contributed by atoms with Gasteiger partial charge in [0.05, 0.1) is 11.5 Å². The fourth-order valence-electron chi connectivity index (χ4n) is 1.73. The summed E-state index contributed by atoms with van der Waals surface area (Å²) in [7, 11) is 0. The van der Waals surface area contributed by atoms with Crippen LogP contribution in [0.5, 0.6) is 0 Å². The zero-order chi connectivity index (χ0) is 15.2. The van der Waals surface area contributed by atoms with Crippen LogP contribution in [0.15, 0.2) is 30.3 Å². The number of aliphatic carboxylic acids is 1. The summed E-state index contributed by atoms with van der Waals surface area (Å²) < 4.78 is 0. The lowest BCUT2D eigenvalue weighted by atomic mass is 9.87. The maximum absolute atomic E-state index is 11.9. The molecule has 0 saturated heterocycles. The molecule has 0 saturated carbocycles. The largest absolute Gasteiger partial charge is 0.481 e. The van der Waals surface area contributed by atoms with E-state index in [9.17, 15) is 9.59 Å². The Bertz CT molecular complexity index is 461. The molecule has 0 aliphatic heterocycles. The summed E-state index contributed by atoms with van der Waals surface area (Å²) in [6, 6.07) is 8.81. The van der Waals surface area contributed by atoms with Gasteiger partial charge >= 0.3 is 5.97 Å². The number of nitrogens with two attached hydrogens (primary N) is 1. The monoisotopic (exact) mass is 278 g/mol. The molecule has 0 aliphatic rings. The first-order chi connectivity index (χ1) is 9.39. The average Bonchev–Trinajstić information content (AvgIpc) is 2.45. The SMILES string of the molecule is CCC(C)(CNC(=O)[C@H](N)Cc1ccccc1)C(=O)O. The number of carboxylic acid groups (broad SMARTS) is 1. The van der Waals surface area contributed by atoms with Gasteiger partial charge in [-0.15, -0.1) is 0 Å². The van der Waals surface area contributed by atoms with Gasteiger partial charge in [0.15, 0.2) is 0 Å². The molecule has 0 aromatic heterocycles. The Hall–Kier alpha value is -1.88. The van der Waals surface area contributed by atoms with Crippen LogP contribution in [0.1, 0.15) is 25.8 Å². The van der Waals surface area contributed by atoms with Gasteiger partial charge in [0.2, 0.25) is 5.91 Å². The van der Waals surface area contributed by atoms with E-state index >= 15 is 0 Å². The van der Waals surface area contributed by atoms with Crippen LogP contribution >= 0.6 is 0 Å². The second-order valence-corrected chi connectivity index (χ2v) is 5.23. The van der Waals surface area contributed by atoms with Crippen molar-refractivity contribution in [1.82, 2.24) is 5.32 Å². The predicted molar refractivity (Wildman–Crippen MR) is 77.2 cm³/mol. The molecule has 0 aliphatic carbocycles. The van der Waals surface area contributed by atoms with Crippen LogP contribution in [0.2, 0.25) is 0 Å². The van der Waals surface area contributed by atoms with Crippen LogP contribution in [-0.4, -0.2) is 29.6 Å². The molecule has 0 spiro atoms. The number of amides is 1. The van der Waals surface area contributed by atoms with Gasteiger partial charge in [0, 0.05) is 6.54 Å². The quantitative estimate of drug-likeness (QED) is 0.698. The second kappa shape index (κ2) is 7.05.